The quantitative estimate of drug-likeness (QED) is 0.471. The fourth-order valence-corrected chi connectivity index (χ4v) is 3.42. The predicted molar refractivity (Wildman–Crippen MR) is 119 cm³/mol. The number of nitrogens with zero attached hydrogens (tertiary/aromatic N) is 4. The molecule has 1 amide bonds. The number of rotatable bonds is 5. The van der Waals surface area contributed by atoms with Crippen LogP contribution in [-0.4, -0.2) is 25.5 Å². The molecule has 31 heavy (non-hydrogen) atoms. The molecule has 0 saturated heterocycles. The number of benzene rings is 2. The zero-order chi connectivity index (χ0) is 21.0. The molecule has 0 aliphatic rings. The highest BCUT2D eigenvalue weighted by atomic mass is 16.2. The monoisotopic (exact) mass is 405 g/mol. The number of carbonyl (C=O) groups is 1. The van der Waals surface area contributed by atoms with E-state index in [1.54, 1.807) is 23.0 Å². The summed E-state index contributed by atoms with van der Waals surface area (Å²) in [5.74, 6) is -0.226. The minimum atomic E-state index is -0.226. The van der Waals surface area contributed by atoms with E-state index in [0.717, 1.165) is 28.1 Å². The van der Waals surface area contributed by atoms with E-state index in [1.165, 1.54) is 0 Å². The van der Waals surface area contributed by atoms with E-state index in [9.17, 15) is 4.79 Å². The minimum Gasteiger partial charge on any atom is -0.347 e. The lowest BCUT2D eigenvalue weighted by Gasteiger charge is -2.09. The lowest BCUT2D eigenvalue weighted by atomic mass is 10.1. The predicted octanol–water partition coefficient (Wildman–Crippen LogP) is 4.39. The largest absolute Gasteiger partial charge is 0.347 e. The summed E-state index contributed by atoms with van der Waals surface area (Å²) >= 11 is 0. The average Bonchev–Trinajstić information content (AvgIpc) is 3.28. The smallest absolute Gasteiger partial charge is 0.270 e. The molecule has 1 N–H and O–H groups in total. The molecule has 3 heterocycles. The van der Waals surface area contributed by atoms with Gasteiger partial charge in [0.25, 0.3) is 5.91 Å². The van der Waals surface area contributed by atoms with Crippen molar-refractivity contribution in [3.05, 3.63) is 109 Å². The summed E-state index contributed by atoms with van der Waals surface area (Å²) in [6.07, 6.45) is 3.44. The molecule has 0 atom stereocenters. The molecule has 0 radical (unpaired) electrons. The zero-order valence-corrected chi connectivity index (χ0v) is 16.6. The Balaban J connectivity index is 1.58. The maximum atomic E-state index is 13.1. The van der Waals surface area contributed by atoms with Gasteiger partial charge >= 0.3 is 0 Å². The Morgan fingerprint density at radius 1 is 0.839 bits per heavy atom. The molecule has 0 aliphatic heterocycles. The van der Waals surface area contributed by atoms with Crippen LogP contribution in [0.25, 0.3) is 28.2 Å². The van der Waals surface area contributed by atoms with Crippen LogP contribution in [0.4, 0.5) is 0 Å². The van der Waals surface area contributed by atoms with Gasteiger partial charge in [0, 0.05) is 36.1 Å². The first kappa shape index (κ1) is 18.7. The summed E-state index contributed by atoms with van der Waals surface area (Å²) in [6, 6.07) is 27.1. The van der Waals surface area contributed by atoms with Crippen LogP contribution >= 0.6 is 0 Å². The van der Waals surface area contributed by atoms with Crippen LogP contribution in [0.1, 0.15) is 16.1 Å². The molecule has 6 heteroatoms. The molecular weight excluding hydrogens is 386 g/mol. The molecule has 0 saturated carbocycles. The zero-order valence-electron chi connectivity index (χ0n) is 16.6. The normalized spacial score (nSPS) is 10.8. The Kier molecular flexibility index (Phi) is 4.94. The number of fused-ring (bicyclic) bond motifs is 1. The molecule has 0 bridgehead atoms. The van der Waals surface area contributed by atoms with Crippen molar-refractivity contribution in [3.8, 4) is 22.5 Å². The summed E-state index contributed by atoms with van der Waals surface area (Å²) in [5.41, 5.74) is 5.36. The fraction of sp³-hybridized carbons (Fsp3) is 0.0400. The molecular formula is C25H19N5O. The van der Waals surface area contributed by atoms with Crippen LogP contribution in [0.3, 0.4) is 0 Å². The van der Waals surface area contributed by atoms with Gasteiger partial charge in [-0.2, -0.15) is 5.10 Å². The maximum absolute atomic E-state index is 13.1. The van der Waals surface area contributed by atoms with Gasteiger partial charge in [-0.1, -0.05) is 66.7 Å². The Hall–Kier alpha value is -4.32. The molecule has 0 aliphatic carbocycles. The second-order valence-electron chi connectivity index (χ2n) is 7.10. The van der Waals surface area contributed by atoms with Crippen LogP contribution in [0.15, 0.2) is 97.3 Å². The third-order valence-corrected chi connectivity index (χ3v) is 4.97. The topological polar surface area (TPSA) is 72.2 Å². The van der Waals surface area contributed by atoms with Gasteiger partial charge in [0.05, 0.1) is 11.4 Å². The Morgan fingerprint density at radius 2 is 1.55 bits per heavy atom. The number of hydrogen-bond donors (Lipinski definition) is 1. The van der Waals surface area contributed by atoms with Crippen molar-refractivity contribution in [2.45, 2.75) is 6.54 Å². The maximum Gasteiger partial charge on any atom is 0.270 e. The first-order valence-electron chi connectivity index (χ1n) is 9.97. The van der Waals surface area contributed by atoms with Crippen LogP contribution < -0.4 is 5.32 Å². The Bertz CT molecular complexity index is 1330. The van der Waals surface area contributed by atoms with Gasteiger partial charge in [0.15, 0.2) is 5.65 Å². The van der Waals surface area contributed by atoms with Gasteiger partial charge in [0.2, 0.25) is 0 Å². The first-order valence-corrected chi connectivity index (χ1v) is 9.97. The highest BCUT2D eigenvalue weighted by Crippen LogP contribution is 2.24. The molecule has 6 nitrogen and oxygen atoms in total. The molecule has 5 aromatic rings. The third-order valence-electron chi connectivity index (χ3n) is 4.97. The van der Waals surface area contributed by atoms with Gasteiger partial charge in [-0.3, -0.25) is 9.78 Å². The standard InChI is InChI=1S/C25H19N5O/c31-25(27-17-18-8-7-13-26-16-18)23-14-21(19-9-3-1-4-10-19)28-24-15-22(29-30(23)24)20-11-5-2-6-12-20/h1-16H,17H2,(H,27,31). The van der Waals surface area contributed by atoms with E-state index in [-0.39, 0.29) is 5.91 Å². The molecule has 0 unspecified atom stereocenters. The number of carbonyl (C=O) groups excluding carboxylic acids is 1. The summed E-state index contributed by atoms with van der Waals surface area (Å²) in [6.45, 7) is 0.379. The Labute approximate surface area is 179 Å². The number of amides is 1. The fourth-order valence-electron chi connectivity index (χ4n) is 3.42. The third kappa shape index (κ3) is 3.91. The molecule has 5 rings (SSSR count). The lowest BCUT2D eigenvalue weighted by Crippen LogP contribution is -2.25. The SMILES string of the molecule is O=C(NCc1cccnc1)c1cc(-c2ccccc2)nc2cc(-c3ccccc3)nn12. The van der Waals surface area contributed by atoms with Crippen LogP contribution in [-0.2, 0) is 6.54 Å². The highest BCUT2D eigenvalue weighted by molar-refractivity contribution is 5.94. The summed E-state index contributed by atoms with van der Waals surface area (Å²) in [7, 11) is 0. The molecule has 3 aromatic heterocycles. The number of nitrogens with one attached hydrogen (secondary N) is 1. The number of aromatic nitrogens is 4. The van der Waals surface area contributed by atoms with E-state index in [2.05, 4.69) is 15.4 Å². The van der Waals surface area contributed by atoms with Crippen LogP contribution in [0, 0.1) is 0 Å². The van der Waals surface area contributed by atoms with Crippen molar-refractivity contribution >= 4 is 11.6 Å². The lowest BCUT2D eigenvalue weighted by molar-refractivity contribution is 0.0943. The van der Waals surface area contributed by atoms with Crippen molar-refractivity contribution in [1.82, 2.24) is 24.9 Å². The molecule has 0 spiro atoms. The second kappa shape index (κ2) is 8.20. The van der Waals surface area contributed by atoms with Crippen LogP contribution in [0.5, 0.6) is 0 Å². The van der Waals surface area contributed by atoms with Crippen LogP contribution in [0.2, 0.25) is 0 Å². The van der Waals surface area contributed by atoms with Crippen molar-refractivity contribution < 1.29 is 4.79 Å². The number of pyridine rings is 1. The molecule has 2 aromatic carbocycles. The average molecular weight is 405 g/mol. The highest BCUT2D eigenvalue weighted by Gasteiger charge is 2.17. The van der Waals surface area contributed by atoms with Gasteiger partial charge in [-0.25, -0.2) is 9.50 Å². The molecule has 0 fully saturated rings. The van der Waals surface area contributed by atoms with Crippen molar-refractivity contribution in [2.24, 2.45) is 0 Å². The second-order valence-corrected chi connectivity index (χ2v) is 7.10. The van der Waals surface area contributed by atoms with E-state index < -0.39 is 0 Å². The summed E-state index contributed by atoms with van der Waals surface area (Å²) in [5, 5.41) is 7.64. The van der Waals surface area contributed by atoms with E-state index in [0.29, 0.717) is 17.9 Å². The van der Waals surface area contributed by atoms with Gasteiger partial charge < -0.3 is 5.32 Å². The summed E-state index contributed by atoms with van der Waals surface area (Å²) in [4.78, 5) is 22.0. The van der Waals surface area contributed by atoms with Gasteiger partial charge in [-0.05, 0) is 17.7 Å². The van der Waals surface area contributed by atoms with Gasteiger partial charge in [-0.15, -0.1) is 0 Å². The van der Waals surface area contributed by atoms with E-state index >= 15 is 0 Å². The van der Waals surface area contributed by atoms with Crippen molar-refractivity contribution in [3.63, 3.8) is 0 Å². The summed E-state index contributed by atoms with van der Waals surface area (Å²) < 4.78 is 1.60. The first-order chi connectivity index (χ1) is 15.3. The van der Waals surface area contributed by atoms with Crippen molar-refractivity contribution in [2.75, 3.05) is 0 Å². The van der Waals surface area contributed by atoms with Gasteiger partial charge in [0.1, 0.15) is 5.69 Å². The molecule has 150 valence electrons. The van der Waals surface area contributed by atoms with Crippen molar-refractivity contribution in [1.29, 1.82) is 0 Å². The number of hydrogen-bond acceptors (Lipinski definition) is 4. The minimum absolute atomic E-state index is 0.226. The van der Waals surface area contributed by atoms with E-state index in [1.807, 2.05) is 78.9 Å². The Morgan fingerprint density at radius 3 is 2.23 bits per heavy atom. The van der Waals surface area contributed by atoms with E-state index in [4.69, 9.17) is 4.98 Å².